The highest BCUT2D eigenvalue weighted by Crippen LogP contribution is 2.28. The van der Waals surface area contributed by atoms with Crippen molar-refractivity contribution >= 4 is 5.78 Å². The molecule has 0 radical (unpaired) electrons. The van der Waals surface area contributed by atoms with E-state index in [1.807, 2.05) is 0 Å². The van der Waals surface area contributed by atoms with E-state index in [9.17, 15) is 4.79 Å². The fraction of sp³-hybridized carbons (Fsp3) is 0.900. The lowest BCUT2D eigenvalue weighted by Gasteiger charge is -2.27. The van der Waals surface area contributed by atoms with Gasteiger partial charge in [0.15, 0.2) is 0 Å². The first-order chi connectivity index (χ1) is 5.88. The molecule has 1 saturated carbocycles. The lowest BCUT2D eigenvalue weighted by atomic mass is 9.90. The summed E-state index contributed by atoms with van der Waals surface area (Å²) in [4.78, 5) is 11.4. The molecular weight excluding hydrogens is 150 g/mol. The SMILES string of the molecule is O=C1CCCC1C1CCCCN1. The van der Waals surface area contributed by atoms with Gasteiger partial charge in [0.05, 0.1) is 0 Å². The Balaban J connectivity index is 1.93. The minimum Gasteiger partial charge on any atom is -0.313 e. The predicted octanol–water partition coefficient (Wildman–Crippen LogP) is 1.50. The summed E-state index contributed by atoms with van der Waals surface area (Å²) < 4.78 is 0. The summed E-state index contributed by atoms with van der Waals surface area (Å²) in [5, 5.41) is 3.47. The van der Waals surface area contributed by atoms with E-state index in [2.05, 4.69) is 5.32 Å². The van der Waals surface area contributed by atoms with E-state index < -0.39 is 0 Å². The molecule has 2 atom stereocenters. The van der Waals surface area contributed by atoms with Crippen LogP contribution < -0.4 is 5.32 Å². The van der Waals surface area contributed by atoms with Crippen molar-refractivity contribution in [3.8, 4) is 0 Å². The van der Waals surface area contributed by atoms with Gasteiger partial charge in [-0.25, -0.2) is 0 Å². The second-order valence-corrected chi connectivity index (χ2v) is 4.02. The minimum atomic E-state index is 0.366. The smallest absolute Gasteiger partial charge is 0.137 e. The zero-order valence-corrected chi connectivity index (χ0v) is 7.51. The number of ketones is 1. The average molecular weight is 167 g/mol. The van der Waals surface area contributed by atoms with E-state index in [1.165, 1.54) is 19.3 Å². The van der Waals surface area contributed by atoms with Crippen LogP contribution in [0, 0.1) is 5.92 Å². The molecule has 2 heteroatoms. The van der Waals surface area contributed by atoms with Crippen molar-refractivity contribution in [2.75, 3.05) is 6.54 Å². The van der Waals surface area contributed by atoms with Gasteiger partial charge in [-0.2, -0.15) is 0 Å². The molecule has 0 amide bonds. The van der Waals surface area contributed by atoms with Crippen LogP contribution in [0.1, 0.15) is 38.5 Å². The fourth-order valence-electron chi connectivity index (χ4n) is 2.49. The van der Waals surface area contributed by atoms with Gasteiger partial charge in [0.25, 0.3) is 0 Å². The van der Waals surface area contributed by atoms with Crippen molar-refractivity contribution in [3.63, 3.8) is 0 Å². The molecule has 0 bridgehead atoms. The molecular formula is C10H17NO. The van der Waals surface area contributed by atoms with Gasteiger partial charge in [0, 0.05) is 18.4 Å². The molecule has 2 unspecified atom stereocenters. The van der Waals surface area contributed by atoms with Gasteiger partial charge in [0.2, 0.25) is 0 Å². The Hall–Kier alpha value is -0.370. The van der Waals surface area contributed by atoms with Gasteiger partial charge in [-0.1, -0.05) is 6.42 Å². The predicted molar refractivity (Wildman–Crippen MR) is 48.0 cm³/mol. The van der Waals surface area contributed by atoms with Gasteiger partial charge in [-0.05, 0) is 32.2 Å². The lowest BCUT2D eigenvalue weighted by molar-refractivity contribution is -0.121. The van der Waals surface area contributed by atoms with Crippen LogP contribution in [0.15, 0.2) is 0 Å². The first kappa shape index (κ1) is 8.24. The third-order valence-corrected chi connectivity index (χ3v) is 3.19. The number of nitrogens with one attached hydrogen (secondary N) is 1. The molecule has 1 heterocycles. The van der Waals surface area contributed by atoms with Crippen molar-refractivity contribution in [2.45, 2.75) is 44.6 Å². The molecule has 2 nitrogen and oxygen atoms in total. The van der Waals surface area contributed by atoms with Crippen LogP contribution in [0.2, 0.25) is 0 Å². The van der Waals surface area contributed by atoms with Gasteiger partial charge in [0.1, 0.15) is 5.78 Å². The zero-order valence-electron chi connectivity index (χ0n) is 7.51. The van der Waals surface area contributed by atoms with Crippen molar-refractivity contribution in [3.05, 3.63) is 0 Å². The highest BCUT2D eigenvalue weighted by molar-refractivity contribution is 5.83. The molecule has 68 valence electrons. The van der Waals surface area contributed by atoms with Crippen LogP contribution in [-0.4, -0.2) is 18.4 Å². The first-order valence-electron chi connectivity index (χ1n) is 5.14. The Labute approximate surface area is 73.7 Å². The van der Waals surface area contributed by atoms with E-state index in [0.717, 1.165) is 25.8 Å². The van der Waals surface area contributed by atoms with Gasteiger partial charge >= 0.3 is 0 Å². The van der Waals surface area contributed by atoms with E-state index in [0.29, 0.717) is 17.7 Å². The summed E-state index contributed by atoms with van der Waals surface area (Å²) in [5.41, 5.74) is 0. The Kier molecular flexibility index (Phi) is 2.45. The molecule has 1 aliphatic heterocycles. The average Bonchev–Trinajstić information content (AvgIpc) is 2.53. The quantitative estimate of drug-likeness (QED) is 0.641. The highest BCUT2D eigenvalue weighted by Gasteiger charge is 2.32. The molecule has 2 aliphatic rings. The molecule has 0 aromatic carbocycles. The van der Waals surface area contributed by atoms with Gasteiger partial charge in [-0.15, -0.1) is 0 Å². The normalized spacial score (nSPS) is 37.2. The maximum Gasteiger partial charge on any atom is 0.137 e. The summed E-state index contributed by atoms with van der Waals surface area (Å²) >= 11 is 0. The second kappa shape index (κ2) is 3.56. The van der Waals surface area contributed by atoms with Crippen LogP contribution in [0.3, 0.4) is 0 Å². The largest absolute Gasteiger partial charge is 0.313 e. The second-order valence-electron chi connectivity index (χ2n) is 4.02. The summed E-state index contributed by atoms with van der Waals surface area (Å²) in [6.45, 7) is 1.12. The molecule has 0 aromatic rings. The fourth-order valence-corrected chi connectivity index (χ4v) is 2.49. The highest BCUT2D eigenvalue weighted by atomic mass is 16.1. The summed E-state index contributed by atoms with van der Waals surface area (Å²) in [5.74, 6) is 0.875. The summed E-state index contributed by atoms with van der Waals surface area (Å²) in [6.07, 6.45) is 6.91. The number of hydrogen-bond acceptors (Lipinski definition) is 2. The summed E-state index contributed by atoms with van der Waals surface area (Å²) in [7, 11) is 0. The third kappa shape index (κ3) is 1.53. The van der Waals surface area contributed by atoms with E-state index in [1.54, 1.807) is 0 Å². The molecule has 2 rings (SSSR count). The minimum absolute atomic E-state index is 0.366. The lowest BCUT2D eigenvalue weighted by Crippen LogP contribution is -2.41. The van der Waals surface area contributed by atoms with E-state index in [-0.39, 0.29) is 0 Å². The van der Waals surface area contributed by atoms with Crippen molar-refractivity contribution < 1.29 is 4.79 Å². The van der Waals surface area contributed by atoms with Gasteiger partial charge < -0.3 is 5.32 Å². The van der Waals surface area contributed by atoms with Crippen LogP contribution >= 0.6 is 0 Å². The van der Waals surface area contributed by atoms with Crippen LogP contribution in [0.4, 0.5) is 0 Å². The zero-order chi connectivity index (χ0) is 8.39. The number of carbonyl (C=O) groups is 1. The maximum atomic E-state index is 11.4. The number of piperidine rings is 1. The molecule has 12 heavy (non-hydrogen) atoms. The standard InChI is InChI=1S/C10H17NO/c12-10-6-3-4-8(10)9-5-1-2-7-11-9/h8-9,11H,1-7H2. The van der Waals surface area contributed by atoms with E-state index in [4.69, 9.17) is 0 Å². The Morgan fingerprint density at radius 3 is 2.67 bits per heavy atom. The van der Waals surface area contributed by atoms with Crippen molar-refractivity contribution in [1.29, 1.82) is 0 Å². The first-order valence-corrected chi connectivity index (χ1v) is 5.14. The number of hydrogen-bond donors (Lipinski definition) is 1. The third-order valence-electron chi connectivity index (χ3n) is 3.19. The Bertz CT molecular complexity index is 173. The Morgan fingerprint density at radius 1 is 1.17 bits per heavy atom. The molecule has 2 fully saturated rings. The molecule has 0 spiro atoms. The summed E-state index contributed by atoms with van der Waals surface area (Å²) in [6, 6.07) is 0.522. The van der Waals surface area contributed by atoms with Crippen molar-refractivity contribution in [2.24, 2.45) is 5.92 Å². The number of carbonyl (C=O) groups excluding carboxylic acids is 1. The van der Waals surface area contributed by atoms with Crippen molar-refractivity contribution in [1.82, 2.24) is 5.32 Å². The van der Waals surface area contributed by atoms with Crippen LogP contribution in [0.25, 0.3) is 0 Å². The van der Waals surface area contributed by atoms with E-state index >= 15 is 0 Å². The monoisotopic (exact) mass is 167 g/mol. The molecule has 0 aromatic heterocycles. The Morgan fingerprint density at radius 2 is 2.08 bits per heavy atom. The number of rotatable bonds is 1. The topological polar surface area (TPSA) is 29.1 Å². The maximum absolute atomic E-state index is 11.4. The molecule has 1 N–H and O–H groups in total. The molecule has 1 aliphatic carbocycles. The number of Topliss-reactive ketones (excluding diaryl/α,β-unsaturated/α-hetero) is 1. The van der Waals surface area contributed by atoms with Gasteiger partial charge in [-0.3, -0.25) is 4.79 Å². The molecule has 1 saturated heterocycles. The van der Waals surface area contributed by atoms with Crippen LogP contribution in [-0.2, 0) is 4.79 Å². The van der Waals surface area contributed by atoms with Crippen LogP contribution in [0.5, 0.6) is 0 Å².